The molecule has 0 aliphatic carbocycles. The molecule has 0 saturated heterocycles. The summed E-state index contributed by atoms with van der Waals surface area (Å²) < 4.78 is 10.4. The van der Waals surface area contributed by atoms with Gasteiger partial charge in [-0.25, -0.2) is 9.59 Å². The summed E-state index contributed by atoms with van der Waals surface area (Å²) in [7, 11) is 1.35. The molecule has 0 spiro atoms. The second-order valence-electron chi connectivity index (χ2n) is 7.47. The van der Waals surface area contributed by atoms with Crippen molar-refractivity contribution in [2.75, 3.05) is 13.7 Å². The number of rotatable bonds is 5. The number of amides is 1. The number of carbonyl (C=O) groups excluding carboxylic acids is 2. The van der Waals surface area contributed by atoms with E-state index in [1.807, 2.05) is 54.6 Å². The SMILES string of the molecule is COC(=O)c1ccc(C2C=C(c3ccncc3)CCN2C(=O)OCc2ccccc2)cc1. The monoisotopic (exact) mass is 428 g/mol. The molecule has 3 aromatic rings. The Kier molecular flexibility index (Phi) is 6.60. The Hall–Kier alpha value is -3.93. The molecule has 32 heavy (non-hydrogen) atoms. The van der Waals surface area contributed by atoms with E-state index in [2.05, 4.69) is 11.1 Å². The summed E-state index contributed by atoms with van der Waals surface area (Å²) in [6, 6.07) is 20.3. The minimum atomic E-state index is -0.396. The van der Waals surface area contributed by atoms with E-state index in [0.717, 1.165) is 22.3 Å². The van der Waals surface area contributed by atoms with Crippen molar-refractivity contribution in [1.82, 2.24) is 9.88 Å². The molecule has 162 valence electrons. The van der Waals surface area contributed by atoms with E-state index >= 15 is 0 Å². The Labute approximate surface area is 187 Å². The molecular weight excluding hydrogens is 404 g/mol. The van der Waals surface area contributed by atoms with E-state index in [9.17, 15) is 9.59 Å². The van der Waals surface area contributed by atoms with E-state index in [-0.39, 0.29) is 18.7 Å². The van der Waals surface area contributed by atoms with Gasteiger partial charge in [0.25, 0.3) is 0 Å². The number of nitrogens with zero attached hydrogens (tertiary/aromatic N) is 2. The summed E-state index contributed by atoms with van der Waals surface area (Å²) in [5, 5.41) is 0. The molecule has 0 bridgehead atoms. The lowest BCUT2D eigenvalue weighted by Gasteiger charge is -2.34. The Morgan fingerprint density at radius 2 is 1.72 bits per heavy atom. The first-order valence-corrected chi connectivity index (χ1v) is 10.4. The van der Waals surface area contributed by atoms with Gasteiger partial charge in [0.2, 0.25) is 0 Å². The number of esters is 1. The van der Waals surface area contributed by atoms with Crippen LogP contribution in [0, 0.1) is 0 Å². The molecule has 1 unspecified atom stereocenters. The maximum atomic E-state index is 13.0. The number of aromatic nitrogens is 1. The largest absolute Gasteiger partial charge is 0.465 e. The summed E-state index contributed by atoms with van der Waals surface area (Å²) in [5.41, 5.74) is 4.50. The summed E-state index contributed by atoms with van der Waals surface area (Å²) in [6.45, 7) is 0.732. The van der Waals surface area contributed by atoms with Crippen LogP contribution in [-0.4, -0.2) is 35.6 Å². The zero-order chi connectivity index (χ0) is 22.3. The molecule has 6 nitrogen and oxygen atoms in total. The minimum absolute atomic E-state index is 0.213. The van der Waals surface area contributed by atoms with Gasteiger partial charge in [0.15, 0.2) is 0 Å². The average molecular weight is 428 g/mol. The van der Waals surface area contributed by atoms with Crippen LogP contribution in [0.4, 0.5) is 4.79 Å². The first kappa shape index (κ1) is 21.3. The Morgan fingerprint density at radius 1 is 1.00 bits per heavy atom. The molecule has 1 aliphatic rings. The smallest absolute Gasteiger partial charge is 0.410 e. The highest BCUT2D eigenvalue weighted by atomic mass is 16.6. The topological polar surface area (TPSA) is 68.7 Å². The number of benzene rings is 2. The maximum absolute atomic E-state index is 13.0. The third-order valence-corrected chi connectivity index (χ3v) is 5.48. The van der Waals surface area contributed by atoms with E-state index in [1.165, 1.54) is 7.11 Å². The highest BCUT2D eigenvalue weighted by Gasteiger charge is 2.29. The molecule has 1 amide bonds. The second kappa shape index (κ2) is 9.92. The molecule has 0 N–H and O–H groups in total. The molecule has 0 saturated carbocycles. The van der Waals surface area contributed by atoms with Gasteiger partial charge in [0.1, 0.15) is 6.61 Å². The average Bonchev–Trinajstić information content (AvgIpc) is 2.87. The first-order chi connectivity index (χ1) is 15.7. The molecular formula is C26H24N2O4. The minimum Gasteiger partial charge on any atom is -0.465 e. The highest BCUT2D eigenvalue weighted by molar-refractivity contribution is 5.89. The van der Waals surface area contributed by atoms with Gasteiger partial charge in [0, 0.05) is 18.9 Å². The van der Waals surface area contributed by atoms with Crippen LogP contribution in [0.1, 0.15) is 39.5 Å². The van der Waals surface area contributed by atoms with Gasteiger partial charge >= 0.3 is 12.1 Å². The molecule has 1 aliphatic heterocycles. The molecule has 6 heteroatoms. The molecule has 1 atom stereocenters. The number of hydrogen-bond donors (Lipinski definition) is 0. The number of carbonyl (C=O) groups is 2. The maximum Gasteiger partial charge on any atom is 0.410 e. The van der Waals surface area contributed by atoms with Gasteiger partial charge < -0.3 is 9.47 Å². The van der Waals surface area contributed by atoms with E-state index in [4.69, 9.17) is 9.47 Å². The molecule has 1 aromatic heterocycles. The Balaban J connectivity index is 1.60. The lowest BCUT2D eigenvalue weighted by Crippen LogP contribution is -2.37. The van der Waals surface area contributed by atoms with E-state index in [0.29, 0.717) is 18.5 Å². The third kappa shape index (κ3) is 4.86. The van der Waals surface area contributed by atoms with Crippen molar-refractivity contribution >= 4 is 17.6 Å². The van der Waals surface area contributed by atoms with Crippen LogP contribution in [0.5, 0.6) is 0 Å². The van der Waals surface area contributed by atoms with Crippen molar-refractivity contribution in [1.29, 1.82) is 0 Å². The standard InChI is InChI=1S/C26H24N2O4/c1-31-25(29)22-9-7-21(8-10-22)24-17-23(20-11-14-27-15-12-20)13-16-28(24)26(30)32-18-19-5-3-2-4-6-19/h2-12,14-15,17,24H,13,16,18H2,1H3. The Morgan fingerprint density at radius 3 is 2.41 bits per heavy atom. The van der Waals surface area contributed by atoms with Crippen molar-refractivity contribution in [3.63, 3.8) is 0 Å². The first-order valence-electron chi connectivity index (χ1n) is 10.4. The summed E-state index contributed by atoms with van der Waals surface area (Å²) >= 11 is 0. The lowest BCUT2D eigenvalue weighted by atomic mass is 9.92. The number of methoxy groups -OCH3 is 1. The van der Waals surface area contributed by atoms with Crippen molar-refractivity contribution in [3.05, 3.63) is 107 Å². The fourth-order valence-corrected chi connectivity index (χ4v) is 3.77. The quantitative estimate of drug-likeness (QED) is 0.533. The second-order valence-corrected chi connectivity index (χ2v) is 7.47. The van der Waals surface area contributed by atoms with Crippen LogP contribution in [0.3, 0.4) is 0 Å². The van der Waals surface area contributed by atoms with Crippen LogP contribution >= 0.6 is 0 Å². The molecule has 2 aromatic carbocycles. The predicted molar refractivity (Wildman–Crippen MR) is 121 cm³/mol. The highest BCUT2D eigenvalue weighted by Crippen LogP contribution is 2.34. The normalized spacial score (nSPS) is 15.6. The number of pyridine rings is 1. The summed E-state index contributed by atoms with van der Waals surface area (Å²) in [4.78, 5) is 30.6. The van der Waals surface area contributed by atoms with Crippen molar-refractivity contribution < 1.29 is 19.1 Å². The van der Waals surface area contributed by atoms with Crippen LogP contribution in [0.15, 0.2) is 85.2 Å². The Bertz CT molecular complexity index is 1100. The summed E-state index contributed by atoms with van der Waals surface area (Å²) in [5.74, 6) is -0.396. The van der Waals surface area contributed by atoms with Crippen molar-refractivity contribution in [3.8, 4) is 0 Å². The van der Waals surface area contributed by atoms with Gasteiger partial charge in [-0.15, -0.1) is 0 Å². The number of ether oxygens (including phenoxy) is 2. The predicted octanol–water partition coefficient (Wildman–Crippen LogP) is 5.04. The fourth-order valence-electron chi connectivity index (χ4n) is 3.77. The fraction of sp³-hybridized carbons (Fsp3) is 0.192. The zero-order valence-electron chi connectivity index (χ0n) is 17.8. The van der Waals surface area contributed by atoms with Gasteiger partial charge in [-0.3, -0.25) is 9.88 Å². The third-order valence-electron chi connectivity index (χ3n) is 5.48. The van der Waals surface area contributed by atoms with Gasteiger partial charge in [0.05, 0.1) is 18.7 Å². The van der Waals surface area contributed by atoms with Gasteiger partial charge in [-0.05, 0) is 52.9 Å². The van der Waals surface area contributed by atoms with Crippen LogP contribution in [-0.2, 0) is 16.1 Å². The van der Waals surface area contributed by atoms with Gasteiger partial charge in [-0.1, -0.05) is 48.5 Å². The molecule has 0 fully saturated rings. The van der Waals surface area contributed by atoms with Gasteiger partial charge in [-0.2, -0.15) is 0 Å². The molecule has 4 rings (SSSR count). The van der Waals surface area contributed by atoms with Crippen molar-refractivity contribution in [2.24, 2.45) is 0 Å². The van der Waals surface area contributed by atoms with Crippen LogP contribution in [0.25, 0.3) is 5.57 Å². The van der Waals surface area contributed by atoms with Crippen LogP contribution < -0.4 is 0 Å². The lowest BCUT2D eigenvalue weighted by molar-refractivity contribution is 0.0600. The van der Waals surface area contributed by atoms with E-state index in [1.54, 1.807) is 29.4 Å². The van der Waals surface area contributed by atoms with Crippen molar-refractivity contribution in [2.45, 2.75) is 19.1 Å². The summed E-state index contributed by atoms with van der Waals surface area (Å²) in [6.07, 6.45) is 5.94. The van der Waals surface area contributed by atoms with Crippen LogP contribution in [0.2, 0.25) is 0 Å². The van der Waals surface area contributed by atoms with E-state index < -0.39 is 5.97 Å². The number of hydrogen-bond acceptors (Lipinski definition) is 5. The zero-order valence-corrected chi connectivity index (χ0v) is 17.8. The molecule has 2 heterocycles. The molecule has 0 radical (unpaired) electrons.